The Kier molecular flexibility index (Phi) is 4.64. The molecule has 0 aromatic carbocycles. The lowest BCUT2D eigenvalue weighted by atomic mass is 10.1. The molecule has 0 aliphatic carbocycles. The highest BCUT2D eigenvalue weighted by atomic mass is 15.4. The van der Waals surface area contributed by atoms with Crippen LogP contribution in [0.15, 0.2) is 35.7 Å². The molecule has 0 aromatic rings. The van der Waals surface area contributed by atoms with E-state index in [1.54, 1.807) is 5.01 Å². The Hall–Kier alpha value is -1.02. The third kappa shape index (κ3) is 3.04. The molecule has 14 heavy (non-hydrogen) atoms. The molecule has 0 aliphatic rings. The summed E-state index contributed by atoms with van der Waals surface area (Å²) in [6.07, 6.45) is 0. The lowest BCUT2D eigenvalue weighted by molar-refractivity contribution is 0.408. The molecule has 0 bridgehead atoms. The molecule has 80 valence electrons. The average Bonchev–Trinajstić information content (AvgIpc) is 2.12. The van der Waals surface area contributed by atoms with E-state index in [2.05, 4.69) is 27.0 Å². The Morgan fingerprint density at radius 3 is 1.86 bits per heavy atom. The van der Waals surface area contributed by atoms with Gasteiger partial charge in [0.05, 0.1) is 5.70 Å². The summed E-state index contributed by atoms with van der Waals surface area (Å²) < 4.78 is 0. The van der Waals surface area contributed by atoms with Crippen molar-refractivity contribution in [3.63, 3.8) is 0 Å². The molecule has 0 heterocycles. The fraction of sp³-hybridized carbons (Fsp3) is 0.500. The van der Waals surface area contributed by atoms with E-state index in [1.807, 2.05) is 20.8 Å². The molecule has 0 radical (unpaired) electrons. The minimum absolute atomic E-state index is 0.335. The summed E-state index contributed by atoms with van der Waals surface area (Å²) >= 11 is 0. The summed E-state index contributed by atoms with van der Waals surface area (Å²) in [7, 11) is 0. The lowest BCUT2D eigenvalue weighted by Gasteiger charge is -2.26. The van der Waals surface area contributed by atoms with Gasteiger partial charge in [-0.05, 0) is 32.3 Å². The van der Waals surface area contributed by atoms with Crippen LogP contribution in [0.4, 0.5) is 0 Å². The highest BCUT2D eigenvalue weighted by Gasteiger charge is 2.11. The SMILES string of the molecule is C=C(C(C)=C(C)C)N(N)C(=C)C(C)C. The van der Waals surface area contributed by atoms with E-state index in [0.717, 1.165) is 17.0 Å². The Bertz CT molecular complexity index is 268. The molecule has 2 nitrogen and oxygen atoms in total. The molecule has 0 aromatic heterocycles. The van der Waals surface area contributed by atoms with Crippen molar-refractivity contribution < 1.29 is 0 Å². The van der Waals surface area contributed by atoms with Gasteiger partial charge in [0.2, 0.25) is 0 Å². The minimum Gasteiger partial charge on any atom is -0.284 e. The van der Waals surface area contributed by atoms with Crippen LogP contribution in [0.3, 0.4) is 0 Å². The monoisotopic (exact) mass is 194 g/mol. The first-order chi connectivity index (χ1) is 6.29. The maximum atomic E-state index is 5.90. The van der Waals surface area contributed by atoms with Crippen molar-refractivity contribution in [1.29, 1.82) is 0 Å². The topological polar surface area (TPSA) is 29.3 Å². The van der Waals surface area contributed by atoms with Gasteiger partial charge in [0.15, 0.2) is 0 Å². The molecule has 0 unspecified atom stereocenters. The summed E-state index contributed by atoms with van der Waals surface area (Å²) in [6.45, 7) is 18.1. The number of rotatable bonds is 4. The summed E-state index contributed by atoms with van der Waals surface area (Å²) in [5, 5.41) is 1.58. The first kappa shape index (κ1) is 13.0. The van der Waals surface area contributed by atoms with Gasteiger partial charge in [0, 0.05) is 5.70 Å². The molecule has 0 rings (SSSR count). The molecular formula is C12H22N2. The summed E-state index contributed by atoms with van der Waals surface area (Å²) in [5.74, 6) is 6.24. The minimum atomic E-state index is 0.335. The fourth-order valence-corrected chi connectivity index (χ4v) is 0.921. The van der Waals surface area contributed by atoms with Crippen LogP contribution in [-0.2, 0) is 0 Å². The van der Waals surface area contributed by atoms with Crippen LogP contribution < -0.4 is 5.84 Å². The van der Waals surface area contributed by atoms with Gasteiger partial charge >= 0.3 is 0 Å². The number of hydrazine groups is 1. The van der Waals surface area contributed by atoms with E-state index in [4.69, 9.17) is 5.84 Å². The lowest BCUT2D eigenvalue weighted by Crippen LogP contribution is -2.31. The second kappa shape index (κ2) is 5.01. The second-order valence-electron chi connectivity index (χ2n) is 4.09. The van der Waals surface area contributed by atoms with E-state index in [9.17, 15) is 0 Å². The van der Waals surface area contributed by atoms with E-state index in [0.29, 0.717) is 5.92 Å². The van der Waals surface area contributed by atoms with Gasteiger partial charge < -0.3 is 0 Å². The van der Waals surface area contributed by atoms with E-state index in [1.165, 1.54) is 5.57 Å². The average molecular weight is 194 g/mol. The Morgan fingerprint density at radius 1 is 1.14 bits per heavy atom. The van der Waals surface area contributed by atoms with Gasteiger partial charge in [0.25, 0.3) is 0 Å². The van der Waals surface area contributed by atoms with Crippen LogP contribution in [0.2, 0.25) is 0 Å². The highest BCUT2D eigenvalue weighted by Crippen LogP contribution is 2.20. The Balaban J connectivity index is 4.73. The molecule has 0 fully saturated rings. The van der Waals surface area contributed by atoms with Gasteiger partial charge in [-0.1, -0.05) is 32.6 Å². The second-order valence-corrected chi connectivity index (χ2v) is 4.09. The zero-order valence-corrected chi connectivity index (χ0v) is 10.0. The van der Waals surface area contributed by atoms with E-state index in [-0.39, 0.29) is 0 Å². The van der Waals surface area contributed by atoms with Crippen molar-refractivity contribution in [3.8, 4) is 0 Å². The molecule has 0 atom stereocenters. The van der Waals surface area contributed by atoms with Gasteiger partial charge in [-0.25, -0.2) is 5.84 Å². The zero-order chi connectivity index (χ0) is 11.5. The molecule has 2 N–H and O–H groups in total. The van der Waals surface area contributed by atoms with Gasteiger partial charge in [-0.3, -0.25) is 5.01 Å². The van der Waals surface area contributed by atoms with Crippen molar-refractivity contribution in [3.05, 3.63) is 35.7 Å². The van der Waals surface area contributed by atoms with Gasteiger partial charge in [0.1, 0.15) is 0 Å². The van der Waals surface area contributed by atoms with Gasteiger partial charge in [-0.15, -0.1) is 0 Å². The van der Waals surface area contributed by atoms with Crippen LogP contribution in [0, 0.1) is 5.92 Å². The summed E-state index contributed by atoms with van der Waals surface area (Å²) in [4.78, 5) is 0. The Morgan fingerprint density at radius 2 is 1.57 bits per heavy atom. The van der Waals surface area contributed by atoms with Crippen LogP contribution in [0.25, 0.3) is 0 Å². The predicted octanol–water partition coefficient (Wildman–Crippen LogP) is 3.20. The molecule has 0 aliphatic heterocycles. The van der Waals surface area contributed by atoms with Crippen LogP contribution in [0.1, 0.15) is 34.6 Å². The molecule has 2 heteroatoms. The number of allylic oxidation sites excluding steroid dienone is 3. The first-order valence-corrected chi connectivity index (χ1v) is 4.86. The predicted molar refractivity (Wildman–Crippen MR) is 63.2 cm³/mol. The zero-order valence-electron chi connectivity index (χ0n) is 10.0. The third-order valence-electron chi connectivity index (χ3n) is 2.45. The van der Waals surface area contributed by atoms with Gasteiger partial charge in [-0.2, -0.15) is 0 Å². The van der Waals surface area contributed by atoms with Crippen molar-refractivity contribution in [2.75, 3.05) is 0 Å². The molecular weight excluding hydrogens is 172 g/mol. The Labute approximate surface area is 87.8 Å². The van der Waals surface area contributed by atoms with Crippen molar-refractivity contribution in [2.45, 2.75) is 34.6 Å². The summed E-state index contributed by atoms with van der Waals surface area (Å²) in [5.41, 5.74) is 4.05. The number of hydrogen-bond acceptors (Lipinski definition) is 2. The van der Waals surface area contributed by atoms with Crippen LogP contribution >= 0.6 is 0 Å². The first-order valence-electron chi connectivity index (χ1n) is 4.86. The van der Waals surface area contributed by atoms with Crippen LogP contribution in [0.5, 0.6) is 0 Å². The molecule has 0 amide bonds. The third-order valence-corrected chi connectivity index (χ3v) is 2.45. The highest BCUT2D eigenvalue weighted by molar-refractivity contribution is 5.30. The maximum Gasteiger partial charge on any atom is 0.0528 e. The standard InChI is InChI=1S/C12H22N2/c1-8(2)10(5)12(7)14(13)11(6)9(3)4/h9H,6-7,13H2,1-5H3. The van der Waals surface area contributed by atoms with E-state index < -0.39 is 0 Å². The summed E-state index contributed by atoms with van der Waals surface area (Å²) in [6, 6.07) is 0. The molecule has 0 saturated heterocycles. The van der Waals surface area contributed by atoms with E-state index >= 15 is 0 Å². The normalized spacial score (nSPS) is 9.93. The maximum absolute atomic E-state index is 5.90. The number of nitrogens with zero attached hydrogens (tertiary/aromatic N) is 1. The smallest absolute Gasteiger partial charge is 0.0528 e. The molecule has 0 saturated carbocycles. The number of nitrogens with two attached hydrogens (primary N) is 1. The van der Waals surface area contributed by atoms with Crippen molar-refractivity contribution in [2.24, 2.45) is 11.8 Å². The largest absolute Gasteiger partial charge is 0.284 e. The molecule has 0 spiro atoms. The quantitative estimate of drug-likeness (QED) is 0.423. The van der Waals surface area contributed by atoms with Crippen molar-refractivity contribution >= 4 is 0 Å². The fourth-order valence-electron chi connectivity index (χ4n) is 0.921. The number of hydrogen-bond donors (Lipinski definition) is 1. The van der Waals surface area contributed by atoms with Crippen LogP contribution in [-0.4, -0.2) is 5.01 Å². The van der Waals surface area contributed by atoms with Crippen molar-refractivity contribution in [1.82, 2.24) is 5.01 Å².